The minimum Gasteiger partial charge on any atom is -0.375 e. The molecule has 2 aliphatic rings. The number of hydrogen-bond acceptors (Lipinski definition) is 5. The molecule has 1 spiro atoms. The van der Waals surface area contributed by atoms with Crippen molar-refractivity contribution < 1.29 is 9.53 Å². The summed E-state index contributed by atoms with van der Waals surface area (Å²) in [6.07, 6.45) is 10.0. The Balaban J connectivity index is 1.41. The van der Waals surface area contributed by atoms with Gasteiger partial charge in [0.25, 0.3) is 5.91 Å². The first-order chi connectivity index (χ1) is 14.1. The standard InChI is InChI=1S/C23H31N3O2S/c1-24-21(27)19-8-7-18(29-19)16-25-14-11-22(20-6-2-5-13-26-20)12-15-28-23(17-22)9-3-4-10-23/h2,5-8,13,25H,3-4,9-12,14-17H2,1H3,(H,24,27)/t22-/m1/s1. The first-order valence-corrected chi connectivity index (χ1v) is 11.5. The zero-order chi connectivity index (χ0) is 20.2. The summed E-state index contributed by atoms with van der Waals surface area (Å²) in [7, 11) is 1.67. The van der Waals surface area contributed by atoms with Crippen LogP contribution >= 0.6 is 11.3 Å². The SMILES string of the molecule is CNC(=O)c1ccc(CNCC[C@@]2(c3ccccn3)CCOC3(CCCC3)C2)s1. The van der Waals surface area contributed by atoms with Crippen LogP contribution in [0.5, 0.6) is 0 Å². The van der Waals surface area contributed by atoms with Crippen LogP contribution < -0.4 is 10.6 Å². The molecule has 2 aromatic rings. The van der Waals surface area contributed by atoms with Gasteiger partial charge in [0.15, 0.2) is 0 Å². The number of thiophene rings is 1. The van der Waals surface area contributed by atoms with Gasteiger partial charge in [0, 0.05) is 42.4 Å². The highest BCUT2D eigenvalue weighted by Gasteiger charge is 2.48. The Hall–Kier alpha value is -1.76. The second-order valence-electron chi connectivity index (χ2n) is 8.43. The van der Waals surface area contributed by atoms with Crippen LogP contribution in [0.3, 0.4) is 0 Å². The van der Waals surface area contributed by atoms with Gasteiger partial charge in [-0.05, 0) is 62.9 Å². The van der Waals surface area contributed by atoms with Crippen molar-refractivity contribution in [2.75, 3.05) is 20.2 Å². The predicted molar refractivity (Wildman–Crippen MR) is 116 cm³/mol. The van der Waals surface area contributed by atoms with Crippen LogP contribution in [0.1, 0.15) is 65.2 Å². The van der Waals surface area contributed by atoms with Crippen molar-refractivity contribution in [2.24, 2.45) is 0 Å². The summed E-state index contributed by atoms with van der Waals surface area (Å²) in [5, 5.41) is 6.29. The van der Waals surface area contributed by atoms with Crippen molar-refractivity contribution in [1.82, 2.24) is 15.6 Å². The van der Waals surface area contributed by atoms with E-state index in [0.29, 0.717) is 0 Å². The molecule has 1 atom stereocenters. The summed E-state index contributed by atoms with van der Waals surface area (Å²) in [5.41, 5.74) is 1.36. The normalized spacial score (nSPS) is 23.3. The molecule has 2 aromatic heterocycles. The van der Waals surface area contributed by atoms with Gasteiger partial charge in [-0.3, -0.25) is 9.78 Å². The van der Waals surface area contributed by atoms with Gasteiger partial charge in [0.1, 0.15) is 0 Å². The van der Waals surface area contributed by atoms with Crippen LogP contribution in [0, 0.1) is 0 Å². The van der Waals surface area contributed by atoms with Crippen molar-refractivity contribution in [3.05, 3.63) is 52.0 Å². The lowest BCUT2D eigenvalue weighted by atomic mass is 9.68. The molecule has 1 saturated heterocycles. The van der Waals surface area contributed by atoms with E-state index in [-0.39, 0.29) is 16.9 Å². The Morgan fingerprint density at radius 3 is 2.83 bits per heavy atom. The Morgan fingerprint density at radius 2 is 2.07 bits per heavy atom. The molecule has 2 N–H and O–H groups in total. The molecule has 1 aliphatic heterocycles. The van der Waals surface area contributed by atoms with E-state index in [0.717, 1.165) is 43.8 Å². The second kappa shape index (κ2) is 8.94. The number of nitrogens with one attached hydrogen (secondary N) is 2. The van der Waals surface area contributed by atoms with Crippen LogP contribution in [0.4, 0.5) is 0 Å². The van der Waals surface area contributed by atoms with Crippen molar-refractivity contribution in [3.8, 4) is 0 Å². The highest BCUT2D eigenvalue weighted by atomic mass is 32.1. The van der Waals surface area contributed by atoms with Crippen molar-refractivity contribution in [1.29, 1.82) is 0 Å². The number of carbonyl (C=O) groups is 1. The van der Waals surface area contributed by atoms with Gasteiger partial charge in [-0.2, -0.15) is 0 Å². The van der Waals surface area contributed by atoms with E-state index in [1.54, 1.807) is 18.4 Å². The zero-order valence-corrected chi connectivity index (χ0v) is 18.0. The predicted octanol–water partition coefficient (Wildman–Crippen LogP) is 4.04. The molecule has 2 fully saturated rings. The summed E-state index contributed by atoms with van der Waals surface area (Å²) >= 11 is 1.56. The Morgan fingerprint density at radius 1 is 1.21 bits per heavy atom. The molecule has 156 valence electrons. The summed E-state index contributed by atoms with van der Waals surface area (Å²) in [6, 6.07) is 10.3. The number of aromatic nitrogens is 1. The first kappa shape index (κ1) is 20.5. The topological polar surface area (TPSA) is 63.2 Å². The highest BCUT2D eigenvalue weighted by Crippen LogP contribution is 2.49. The number of carbonyl (C=O) groups excluding carboxylic acids is 1. The number of ether oxygens (including phenoxy) is 1. The van der Waals surface area contributed by atoms with Crippen LogP contribution in [0.15, 0.2) is 36.5 Å². The molecule has 3 heterocycles. The lowest BCUT2D eigenvalue weighted by Crippen LogP contribution is -2.47. The fourth-order valence-electron chi connectivity index (χ4n) is 5.05. The fourth-order valence-corrected chi connectivity index (χ4v) is 5.98. The monoisotopic (exact) mass is 413 g/mol. The van der Waals surface area contributed by atoms with Crippen LogP contribution in [0.25, 0.3) is 0 Å². The number of nitrogens with zero attached hydrogens (tertiary/aromatic N) is 1. The van der Waals surface area contributed by atoms with E-state index in [1.807, 2.05) is 24.4 Å². The van der Waals surface area contributed by atoms with Gasteiger partial charge in [-0.15, -0.1) is 11.3 Å². The third-order valence-electron chi connectivity index (χ3n) is 6.56. The van der Waals surface area contributed by atoms with Crippen LogP contribution in [0.2, 0.25) is 0 Å². The summed E-state index contributed by atoms with van der Waals surface area (Å²) < 4.78 is 6.33. The molecular weight excluding hydrogens is 382 g/mol. The third-order valence-corrected chi connectivity index (χ3v) is 7.65. The molecule has 0 aromatic carbocycles. The number of rotatable bonds is 7. The van der Waals surface area contributed by atoms with E-state index < -0.39 is 0 Å². The minimum absolute atomic E-state index is 0.0144. The van der Waals surface area contributed by atoms with Crippen LogP contribution in [-0.4, -0.2) is 36.7 Å². The van der Waals surface area contributed by atoms with E-state index >= 15 is 0 Å². The van der Waals surface area contributed by atoms with Gasteiger partial charge in [0.2, 0.25) is 0 Å². The smallest absolute Gasteiger partial charge is 0.261 e. The molecule has 0 radical (unpaired) electrons. The molecule has 0 bridgehead atoms. The number of hydrogen-bond donors (Lipinski definition) is 2. The van der Waals surface area contributed by atoms with Gasteiger partial charge in [-0.25, -0.2) is 0 Å². The van der Waals surface area contributed by atoms with Gasteiger partial charge in [0.05, 0.1) is 10.5 Å². The number of pyridine rings is 1. The maximum Gasteiger partial charge on any atom is 0.261 e. The molecule has 6 heteroatoms. The summed E-state index contributed by atoms with van der Waals surface area (Å²) in [5.74, 6) is -0.0144. The van der Waals surface area contributed by atoms with E-state index in [9.17, 15) is 4.79 Å². The molecule has 0 unspecified atom stereocenters. The molecule has 1 aliphatic carbocycles. The van der Waals surface area contributed by atoms with Crippen molar-refractivity contribution >= 4 is 17.2 Å². The molecule has 29 heavy (non-hydrogen) atoms. The first-order valence-electron chi connectivity index (χ1n) is 10.7. The molecule has 1 saturated carbocycles. The molecule has 1 amide bonds. The van der Waals surface area contributed by atoms with E-state index in [1.165, 1.54) is 36.3 Å². The van der Waals surface area contributed by atoms with Gasteiger partial charge < -0.3 is 15.4 Å². The second-order valence-corrected chi connectivity index (χ2v) is 9.60. The van der Waals surface area contributed by atoms with Crippen molar-refractivity contribution in [3.63, 3.8) is 0 Å². The maximum absolute atomic E-state index is 11.7. The van der Waals surface area contributed by atoms with Crippen molar-refractivity contribution in [2.45, 2.75) is 62.5 Å². The largest absolute Gasteiger partial charge is 0.375 e. The molecule has 4 rings (SSSR count). The Kier molecular flexibility index (Phi) is 6.32. The zero-order valence-electron chi connectivity index (χ0n) is 17.2. The quantitative estimate of drug-likeness (QED) is 0.673. The molecule has 5 nitrogen and oxygen atoms in total. The van der Waals surface area contributed by atoms with Crippen LogP contribution in [-0.2, 0) is 16.7 Å². The Labute approximate surface area is 177 Å². The fraction of sp³-hybridized carbons (Fsp3) is 0.565. The highest BCUT2D eigenvalue weighted by molar-refractivity contribution is 7.14. The average molecular weight is 414 g/mol. The Bertz CT molecular complexity index is 817. The lowest BCUT2D eigenvalue weighted by molar-refractivity contribution is -0.104. The van der Waals surface area contributed by atoms with E-state index in [4.69, 9.17) is 9.72 Å². The van der Waals surface area contributed by atoms with Gasteiger partial charge in [-0.1, -0.05) is 18.9 Å². The summed E-state index contributed by atoms with van der Waals surface area (Å²) in [6.45, 7) is 2.55. The molecular formula is C23H31N3O2S. The average Bonchev–Trinajstić information content (AvgIpc) is 3.41. The minimum atomic E-state index is -0.0144. The third kappa shape index (κ3) is 4.55. The van der Waals surface area contributed by atoms with E-state index in [2.05, 4.69) is 22.8 Å². The van der Waals surface area contributed by atoms with Gasteiger partial charge >= 0.3 is 0 Å². The number of amides is 1. The lowest BCUT2D eigenvalue weighted by Gasteiger charge is -2.46. The summed E-state index contributed by atoms with van der Waals surface area (Å²) in [4.78, 5) is 18.5. The maximum atomic E-state index is 11.7.